The second-order valence-electron chi connectivity index (χ2n) is 6.88. The zero-order chi connectivity index (χ0) is 23.8. The smallest absolute Gasteiger partial charge is 0.325 e. The van der Waals surface area contributed by atoms with Crippen molar-refractivity contribution < 1.29 is 23.1 Å². The van der Waals surface area contributed by atoms with Gasteiger partial charge in [0.05, 0.1) is 34.8 Å². The molecule has 13 heteroatoms. The van der Waals surface area contributed by atoms with Crippen molar-refractivity contribution in [1.82, 2.24) is 20.9 Å². The SMILES string of the molecule is CCc1nc([C@H](Cc2ccc(NS(=O)[O-])cc2)NC2=C(C(=O)NCC(=O)OC)NCS2)cs1. The molecule has 1 aromatic carbocycles. The van der Waals surface area contributed by atoms with Gasteiger partial charge < -0.3 is 30.0 Å². The van der Waals surface area contributed by atoms with Gasteiger partial charge in [0.15, 0.2) is 0 Å². The van der Waals surface area contributed by atoms with Crippen molar-refractivity contribution in [2.45, 2.75) is 25.8 Å². The summed E-state index contributed by atoms with van der Waals surface area (Å²) in [6.07, 6.45) is 1.39. The highest BCUT2D eigenvalue weighted by Crippen LogP contribution is 2.29. The summed E-state index contributed by atoms with van der Waals surface area (Å²) in [5.41, 5.74) is 2.65. The molecule has 2 heterocycles. The number of nitrogens with zero attached hydrogens (tertiary/aromatic N) is 1. The van der Waals surface area contributed by atoms with Gasteiger partial charge in [-0.05, 0) is 30.5 Å². The standard InChI is InChI=1S/C20H25N5O5S3/c1-3-16-23-15(10-31-16)14(8-12-4-6-13(7-5-12)25-33(28)29)24-20-18(22-11-32-20)19(27)21-9-17(26)30-2/h4-7,10,14,22,24-25H,3,8-9,11H2,1-2H3,(H,21,27)(H,28,29)/p-1/t14-/m0/s1. The second kappa shape index (κ2) is 12.0. The third-order valence-corrected chi connectivity index (χ3v) is 6.98. The number of methoxy groups -OCH3 is 1. The highest BCUT2D eigenvalue weighted by atomic mass is 32.2. The van der Waals surface area contributed by atoms with E-state index in [9.17, 15) is 18.4 Å². The van der Waals surface area contributed by atoms with E-state index in [1.807, 2.05) is 24.4 Å². The second-order valence-corrected chi connectivity index (χ2v) is 9.48. The van der Waals surface area contributed by atoms with Gasteiger partial charge in [-0.2, -0.15) is 0 Å². The molecular formula is C20H24N5O5S3-. The van der Waals surface area contributed by atoms with Gasteiger partial charge in [0, 0.05) is 22.3 Å². The number of amides is 1. The van der Waals surface area contributed by atoms with Gasteiger partial charge in [0.1, 0.15) is 12.2 Å². The summed E-state index contributed by atoms with van der Waals surface area (Å²) in [7, 11) is 1.26. The van der Waals surface area contributed by atoms with Crippen molar-refractivity contribution in [1.29, 1.82) is 0 Å². The summed E-state index contributed by atoms with van der Waals surface area (Å²) in [5, 5.41) is 12.7. The molecule has 4 N–H and O–H groups in total. The summed E-state index contributed by atoms with van der Waals surface area (Å²) in [6.45, 7) is 1.82. The predicted molar refractivity (Wildman–Crippen MR) is 128 cm³/mol. The number of ether oxygens (including phenoxy) is 1. The average Bonchev–Trinajstić information content (AvgIpc) is 3.47. The Morgan fingerprint density at radius 3 is 2.73 bits per heavy atom. The molecular weight excluding hydrogens is 486 g/mol. The van der Waals surface area contributed by atoms with Crippen LogP contribution in [0.15, 0.2) is 40.4 Å². The van der Waals surface area contributed by atoms with Gasteiger partial charge in [-0.3, -0.25) is 13.8 Å². The van der Waals surface area contributed by atoms with E-state index in [1.54, 1.807) is 23.5 Å². The largest absolute Gasteiger partial charge is 0.755 e. The number of thioether (sulfide) groups is 1. The molecule has 1 unspecified atom stereocenters. The van der Waals surface area contributed by atoms with E-state index in [4.69, 9.17) is 4.98 Å². The lowest BCUT2D eigenvalue weighted by molar-refractivity contribution is -0.140. The number of thiazole rings is 1. The summed E-state index contributed by atoms with van der Waals surface area (Å²) < 4.78 is 28.5. The lowest BCUT2D eigenvalue weighted by atomic mass is 10.0. The predicted octanol–water partition coefficient (Wildman–Crippen LogP) is 1.54. The Morgan fingerprint density at radius 1 is 1.33 bits per heavy atom. The fourth-order valence-electron chi connectivity index (χ4n) is 3.02. The first kappa shape index (κ1) is 25.0. The van der Waals surface area contributed by atoms with Crippen LogP contribution in [0.25, 0.3) is 0 Å². The van der Waals surface area contributed by atoms with Crippen LogP contribution in [0.5, 0.6) is 0 Å². The quantitative estimate of drug-likeness (QED) is 0.261. The fraction of sp³-hybridized carbons (Fsp3) is 0.350. The van der Waals surface area contributed by atoms with Gasteiger partial charge in [0.25, 0.3) is 5.91 Å². The molecule has 33 heavy (non-hydrogen) atoms. The van der Waals surface area contributed by atoms with Crippen molar-refractivity contribution in [3.05, 3.63) is 56.6 Å². The maximum atomic E-state index is 12.6. The third-order valence-electron chi connectivity index (χ3n) is 4.67. The van der Waals surface area contributed by atoms with Crippen LogP contribution in [-0.4, -0.2) is 45.2 Å². The minimum Gasteiger partial charge on any atom is -0.755 e. The molecule has 0 aliphatic carbocycles. The summed E-state index contributed by atoms with van der Waals surface area (Å²) >= 11 is 0.646. The number of aryl methyl sites for hydroxylation is 1. The highest BCUT2D eigenvalue weighted by Gasteiger charge is 2.25. The number of hydrogen-bond acceptors (Lipinski definition) is 10. The molecule has 3 rings (SSSR count). The molecule has 1 aliphatic heterocycles. The molecule has 0 bridgehead atoms. The Balaban J connectivity index is 1.80. The zero-order valence-electron chi connectivity index (χ0n) is 18.0. The van der Waals surface area contributed by atoms with Crippen LogP contribution >= 0.6 is 23.1 Å². The lowest BCUT2D eigenvalue weighted by Gasteiger charge is -2.20. The molecule has 0 radical (unpaired) electrons. The van der Waals surface area contributed by atoms with E-state index in [2.05, 4.69) is 25.4 Å². The van der Waals surface area contributed by atoms with Gasteiger partial charge in [-0.1, -0.05) is 30.8 Å². The van der Waals surface area contributed by atoms with Gasteiger partial charge in [0.2, 0.25) is 0 Å². The molecule has 1 aliphatic rings. The molecule has 2 atom stereocenters. The molecule has 10 nitrogen and oxygen atoms in total. The zero-order valence-corrected chi connectivity index (χ0v) is 20.5. The maximum Gasteiger partial charge on any atom is 0.325 e. The van der Waals surface area contributed by atoms with Crippen LogP contribution in [0.4, 0.5) is 5.69 Å². The van der Waals surface area contributed by atoms with Crippen molar-refractivity contribution in [3.63, 3.8) is 0 Å². The number of anilines is 1. The normalized spacial score (nSPS) is 14.9. The minimum atomic E-state index is -2.38. The number of carbonyl (C=O) groups is 2. The Morgan fingerprint density at radius 2 is 2.09 bits per heavy atom. The Hall–Kier alpha value is -2.61. The van der Waals surface area contributed by atoms with Gasteiger partial charge >= 0.3 is 5.97 Å². The molecule has 178 valence electrons. The molecule has 0 spiro atoms. The van der Waals surface area contributed by atoms with Crippen LogP contribution in [0.3, 0.4) is 0 Å². The summed E-state index contributed by atoms with van der Waals surface area (Å²) in [6, 6.07) is 6.85. The first-order valence-electron chi connectivity index (χ1n) is 10.0. The molecule has 1 aromatic heterocycles. The summed E-state index contributed by atoms with van der Waals surface area (Å²) in [5.74, 6) is -0.421. The third kappa shape index (κ3) is 7.19. The first-order valence-corrected chi connectivity index (χ1v) is 12.9. The van der Waals surface area contributed by atoms with Gasteiger partial charge in [-0.25, -0.2) is 4.98 Å². The molecule has 0 saturated carbocycles. The number of nitrogens with one attached hydrogen (secondary N) is 4. The number of benzene rings is 1. The lowest BCUT2D eigenvalue weighted by Crippen LogP contribution is -2.35. The van der Waals surface area contributed by atoms with Crippen molar-refractivity contribution >= 4 is 51.9 Å². The molecule has 2 aromatic rings. The Kier molecular flexibility index (Phi) is 9.11. The number of esters is 1. The van der Waals surface area contributed by atoms with E-state index < -0.39 is 23.1 Å². The number of aromatic nitrogens is 1. The van der Waals surface area contributed by atoms with Crippen LogP contribution in [0, 0.1) is 0 Å². The van der Waals surface area contributed by atoms with Crippen molar-refractivity contribution in [3.8, 4) is 0 Å². The maximum absolute atomic E-state index is 12.6. The topological polar surface area (TPSA) is 145 Å². The van der Waals surface area contributed by atoms with E-state index >= 15 is 0 Å². The first-order chi connectivity index (χ1) is 15.9. The van der Waals surface area contributed by atoms with Gasteiger partial charge in [-0.15, -0.1) is 11.3 Å². The van der Waals surface area contributed by atoms with Crippen LogP contribution in [-0.2, 0) is 38.4 Å². The van der Waals surface area contributed by atoms with Crippen LogP contribution < -0.4 is 20.7 Å². The Labute approximate surface area is 202 Å². The van der Waals surface area contributed by atoms with Crippen LogP contribution in [0.2, 0.25) is 0 Å². The molecule has 0 saturated heterocycles. The monoisotopic (exact) mass is 510 g/mol. The van der Waals surface area contributed by atoms with E-state index in [1.165, 1.54) is 18.9 Å². The highest BCUT2D eigenvalue weighted by molar-refractivity contribution is 8.03. The van der Waals surface area contributed by atoms with E-state index in [0.717, 1.165) is 22.7 Å². The Bertz CT molecular complexity index is 1040. The number of hydrogen-bond donors (Lipinski definition) is 4. The average molecular weight is 511 g/mol. The summed E-state index contributed by atoms with van der Waals surface area (Å²) in [4.78, 5) is 28.6. The number of carbonyl (C=O) groups excluding carboxylic acids is 2. The minimum absolute atomic E-state index is 0.220. The van der Waals surface area contributed by atoms with E-state index in [0.29, 0.717) is 28.7 Å². The van der Waals surface area contributed by atoms with Crippen LogP contribution in [0.1, 0.15) is 29.2 Å². The van der Waals surface area contributed by atoms with E-state index in [-0.39, 0.29) is 12.6 Å². The van der Waals surface area contributed by atoms with Crippen molar-refractivity contribution in [2.24, 2.45) is 0 Å². The molecule has 0 fully saturated rings. The number of rotatable bonds is 11. The fourth-order valence-corrected chi connectivity index (χ4v) is 5.04. The molecule has 1 amide bonds. The van der Waals surface area contributed by atoms with Crippen molar-refractivity contribution in [2.75, 3.05) is 24.3 Å².